The van der Waals surface area contributed by atoms with Gasteiger partial charge in [0.05, 0.1) is 16.4 Å². The van der Waals surface area contributed by atoms with E-state index in [1.54, 1.807) is 6.07 Å². The van der Waals surface area contributed by atoms with Crippen molar-refractivity contribution in [1.82, 2.24) is 14.6 Å². The van der Waals surface area contributed by atoms with Crippen LogP contribution >= 0.6 is 0 Å². The fourth-order valence-corrected chi connectivity index (χ4v) is 2.31. The monoisotopic (exact) mass is 235 g/mol. The molecule has 2 aromatic carbocycles. The lowest BCUT2D eigenvalue weighted by molar-refractivity contribution is 0.932. The number of fused-ring (bicyclic) bond motifs is 4. The van der Waals surface area contributed by atoms with E-state index >= 15 is 0 Å². The van der Waals surface area contributed by atoms with Gasteiger partial charge in [0.15, 0.2) is 5.65 Å². The molecule has 0 bridgehead atoms. The maximum Gasteiger partial charge on any atom is 0.280 e. The van der Waals surface area contributed by atoms with E-state index in [9.17, 15) is 4.79 Å². The van der Waals surface area contributed by atoms with E-state index in [2.05, 4.69) is 10.1 Å². The van der Waals surface area contributed by atoms with Crippen molar-refractivity contribution in [2.75, 3.05) is 0 Å². The van der Waals surface area contributed by atoms with Crippen molar-refractivity contribution in [3.05, 3.63) is 58.9 Å². The fourth-order valence-electron chi connectivity index (χ4n) is 2.31. The molecular formula is C14H9N3O. The predicted molar refractivity (Wildman–Crippen MR) is 70.8 cm³/mol. The molecule has 4 aromatic rings. The van der Waals surface area contributed by atoms with Crippen LogP contribution in [-0.4, -0.2) is 14.6 Å². The number of aromatic amines is 1. The molecule has 2 heterocycles. The summed E-state index contributed by atoms with van der Waals surface area (Å²) in [7, 11) is 0. The Morgan fingerprint density at radius 1 is 0.944 bits per heavy atom. The Bertz CT molecular complexity index is 949. The van der Waals surface area contributed by atoms with Gasteiger partial charge in [0.25, 0.3) is 5.56 Å². The van der Waals surface area contributed by atoms with Crippen LogP contribution in [0.2, 0.25) is 0 Å². The molecule has 0 radical (unpaired) electrons. The van der Waals surface area contributed by atoms with E-state index in [1.165, 1.54) is 4.52 Å². The number of nitrogens with zero attached hydrogens (tertiary/aromatic N) is 2. The van der Waals surface area contributed by atoms with Crippen molar-refractivity contribution in [1.29, 1.82) is 0 Å². The molecule has 0 unspecified atom stereocenters. The molecule has 0 amide bonds. The number of H-pyrrole nitrogens is 1. The van der Waals surface area contributed by atoms with E-state index in [0.717, 1.165) is 16.4 Å². The Labute approximate surface area is 101 Å². The third-order valence-corrected chi connectivity index (χ3v) is 3.18. The fraction of sp³-hybridized carbons (Fsp3) is 0. The minimum atomic E-state index is -0.0631. The molecule has 4 rings (SSSR count). The number of para-hydroxylation sites is 2. The van der Waals surface area contributed by atoms with Gasteiger partial charge in [-0.1, -0.05) is 24.3 Å². The summed E-state index contributed by atoms with van der Waals surface area (Å²) in [6.45, 7) is 0. The Morgan fingerprint density at radius 2 is 1.67 bits per heavy atom. The molecular weight excluding hydrogens is 226 g/mol. The number of hydrogen-bond donors (Lipinski definition) is 1. The minimum Gasteiger partial charge on any atom is -0.289 e. The summed E-state index contributed by atoms with van der Waals surface area (Å²) in [4.78, 5) is 16.9. The number of hydrogen-bond acceptors (Lipinski definition) is 2. The van der Waals surface area contributed by atoms with Crippen molar-refractivity contribution < 1.29 is 0 Å². The number of aromatic nitrogens is 3. The van der Waals surface area contributed by atoms with Crippen LogP contribution in [0, 0.1) is 0 Å². The Kier molecular flexibility index (Phi) is 1.67. The first-order valence-corrected chi connectivity index (χ1v) is 5.73. The first-order chi connectivity index (χ1) is 8.84. The summed E-state index contributed by atoms with van der Waals surface area (Å²) in [5, 5.41) is 4.67. The molecule has 0 aliphatic rings. The highest BCUT2D eigenvalue weighted by molar-refractivity contribution is 5.94. The van der Waals surface area contributed by atoms with Crippen LogP contribution in [0.25, 0.3) is 27.5 Å². The van der Waals surface area contributed by atoms with Crippen molar-refractivity contribution in [2.24, 2.45) is 0 Å². The summed E-state index contributed by atoms with van der Waals surface area (Å²) in [5.74, 6) is 0. The summed E-state index contributed by atoms with van der Waals surface area (Å²) >= 11 is 0. The van der Waals surface area contributed by atoms with Crippen LogP contribution in [0.1, 0.15) is 0 Å². The zero-order chi connectivity index (χ0) is 12.1. The van der Waals surface area contributed by atoms with Gasteiger partial charge in [-0.2, -0.15) is 4.52 Å². The van der Waals surface area contributed by atoms with Crippen molar-refractivity contribution in [3.63, 3.8) is 0 Å². The van der Waals surface area contributed by atoms with Crippen LogP contribution < -0.4 is 5.56 Å². The third kappa shape index (κ3) is 1.09. The molecule has 4 heteroatoms. The molecule has 0 spiro atoms. The lowest BCUT2D eigenvalue weighted by Crippen LogP contribution is -2.14. The van der Waals surface area contributed by atoms with Crippen molar-refractivity contribution >= 4 is 27.5 Å². The standard InChI is InChI=1S/C14H9N3O/c18-14-10-6-2-3-7-11(10)15-13-9-5-1-4-8-12(9)16-17(13)14/h1-8,16H. The smallest absolute Gasteiger partial charge is 0.280 e. The molecule has 1 N–H and O–H groups in total. The molecule has 18 heavy (non-hydrogen) atoms. The van der Waals surface area contributed by atoms with Gasteiger partial charge in [0, 0.05) is 5.39 Å². The van der Waals surface area contributed by atoms with Gasteiger partial charge in [-0.3, -0.25) is 9.89 Å². The summed E-state index contributed by atoms with van der Waals surface area (Å²) < 4.78 is 1.51. The highest BCUT2D eigenvalue weighted by Crippen LogP contribution is 2.18. The number of nitrogens with one attached hydrogen (secondary N) is 1. The van der Waals surface area contributed by atoms with Gasteiger partial charge < -0.3 is 0 Å². The zero-order valence-corrected chi connectivity index (χ0v) is 9.42. The topological polar surface area (TPSA) is 50.2 Å². The Morgan fingerprint density at radius 3 is 2.56 bits per heavy atom. The average Bonchev–Trinajstić information content (AvgIpc) is 2.79. The van der Waals surface area contributed by atoms with E-state index in [0.29, 0.717) is 11.0 Å². The normalized spacial score (nSPS) is 11.6. The molecule has 0 atom stereocenters. The molecule has 0 aliphatic heterocycles. The molecule has 0 aliphatic carbocycles. The molecule has 2 aromatic heterocycles. The van der Waals surface area contributed by atoms with Gasteiger partial charge >= 0.3 is 0 Å². The number of rotatable bonds is 0. The third-order valence-electron chi connectivity index (χ3n) is 3.18. The van der Waals surface area contributed by atoms with E-state index < -0.39 is 0 Å². The second-order valence-electron chi connectivity index (χ2n) is 4.25. The van der Waals surface area contributed by atoms with E-state index in [-0.39, 0.29) is 5.56 Å². The lowest BCUT2D eigenvalue weighted by Gasteiger charge is -1.97. The van der Waals surface area contributed by atoms with E-state index in [4.69, 9.17) is 0 Å². The lowest BCUT2D eigenvalue weighted by atomic mass is 10.2. The molecule has 0 fully saturated rings. The SMILES string of the molecule is O=c1c2ccccc2nc2c3ccccc3[nH]n12. The zero-order valence-electron chi connectivity index (χ0n) is 9.42. The molecule has 4 nitrogen and oxygen atoms in total. The van der Waals surface area contributed by atoms with Crippen LogP contribution in [0.4, 0.5) is 0 Å². The summed E-state index contributed by atoms with van der Waals surface area (Å²) in [5.41, 5.74) is 2.26. The van der Waals surface area contributed by atoms with Crippen molar-refractivity contribution in [3.8, 4) is 0 Å². The van der Waals surface area contributed by atoms with Crippen LogP contribution in [0.3, 0.4) is 0 Å². The van der Waals surface area contributed by atoms with Crippen LogP contribution in [0.5, 0.6) is 0 Å². The van der Waals surface area contributed by atoms with Crippen LogP contribution in [-0.2, 0) is 0 Å². The second-order valence-corrected chi connectivity index (χ2v) is 4.25. The largest absolute Gasteiger partial charge is 0.289 e. The van der Waals surface area contributed by atoms with Gasteiger partial charge in [0.2, 0.25) is 0 Å². The second kappa shape index (κ2) is 3.20. The average molecular weight is 235 g/mol. The highest BCUT2D eigenvalue weighted by Gasteiger charge is 2.09. The Balaban J connectivity index is 2.38. The predicted octanol–water partition coefficient (Wildman–Crippen LogP) is 2.33. The molecule has 86 valence electrons. The summed E-state index contributed by atoms with van der Waals surface area (Å²) in [6.07, 6.45) is 0. The van der Waals surface area contributed by atoms with Crippen LogP contribution in [0.15, 0.2) is 53.3 Å². The van der Waals surface area contributed by atoms with Gasteiger partial charge in [-0.15, -0.1) is 0 Å². The number of benzene rings is 2. The maximum atomic E-state index is 12.3. The first-order valence-electron chi connectivity index (χ1n) is 5.73. The molecule has 0 saturated heterocycles. The van der Waals surface area contributed by atoms with E-state index in [1.807, 2.05) is 42.5 Å². The maximum absolute atomic E-state index is 12.3. The van der Waals surface area contributed by atoms with Crippen molar-refractivity contribution in [2.45, 2.75) is 0 Å². The van der Waals surface area contributed by atoms with Gasteiger partial charge in [-0.25, -0.2) is 4.98 Å². The first kappa shape index (κ1) is 9.41. The summed E-state index contributed by atoms with van der Waals surface area (Å²) in [6, 6.07) is 15.2. The highest BCUT2D eigenvalue weighted by atomic mass is 16.1. The quantitative estimate of drug-likeness (QED) is 0.508. The Hall–Kier alpha value is -2.62. The van der Waals surface area contributed by atoms with Gasteiger partial charge in [0.1, 0.15) is 0 Å². The molecule has 0 saturated carbocycles. The minimum absolute atomic E-state index is 0.0631. The van der Waals surface area contributed by atoms with Gasteiger partial charge in [-0.05, 0) is 24.3 Å².